The van der Waals surface area contributed by atoms with Crippen LogP contribution in [0.15, 0.2) is 89.9 Å². The van der Waals surface area contributed by atoms with Crippen molar-refractivity contribution in [2.24, 2.45) is 10.7 Å². The van der Waals surface area contributed by atoms with Crippen molar-refractivity contribution in [3.8, 4) is 0 Å². The molecule has 0 aliphatic carbocycles. The third-order valence-corrected chi connectivity index (χ3v) is 5.97. The molecule has 0 saturated carbocycles. The van der Waals surface area contributed by atoms with Crippen LogP contribution in [0.25, 0.3) is 0 Å². The smallest absolute Gasteiger partial charge is 0.435 e. The molecule has 4 amide bonds. The second kappa shape index (κ2) is 13.7. The summed E-state index contributed by atoms with van der Waals surface area (Å²) in [6.07, 6.45) is -2.00. The van der Waals surface area contributed by atoms with Crippen LogP contribution in [0, 0.1) is 0 Å². The number of benzene rings is 3. The number of nitrogens with one attached hydrogen (secondary N) is 2. The SMILES string of the molecule is N/C(=N\C(=O)OCc1ccccc1)c1ccc(CNC(=O)C[C@H]2OCCN(NC(=O)c3ccccc3)C2=O)cc1. The quantitative estimate of drug-likeness (QED) is 0.277. The fourth-order valence-corrected chi connectivity index (χ4v) is 3.82. The van der Waals surface area contributed by atoms with E-state index in [2.05, 4.69) is 15.7 Å². The summed E-state index contributed by atoms with van der Waals surface area (Å²) < 4.78 is 10.6. The number of carbonyl (C=O) groups excluding carboxylic acids is 4. The third kappa shape index (κ3) is 7.98. The largest absolute Gasteiger partial charge is 0.443 e. The van der Waals surface area contributed by atoms with E-state index < -0.39 is 24.0 Å². The Balaban J connectivity index is 1.22. The van der Waals surface area contributed by atoms with Crippen LogP contribution >= 0.6 is 0 Å². The van der Waals surface area contributed by atoms with Gasteiger partial charge in [0.1, 0.15) is 18.5 Å². The zero-order valence-electron chi connectivity index (χ0n) is 21.6. The maximum atomic E-state index is 12.7. The summed E-state index contributed by atoms with van der Waals surface area (Å²) in [5.41, 5.74) is 11.0. The van der Waals surface area contributed by atoms with E-state index >= 15 is 0 Å². The summed E-state index contributed by atoms with van der Waals surface area (Å²) in [5.74, 6) is -1.30. The van der Waals surface area contributed by atoms with Gasteiger partial charge >= 0.3 is 6.09 Å². The number of nitrogens with two attached hydrogens (primary N) is 1. The summed E-state index contributed by atoms with van der Waals surface area (Å²) >= 11 is 0. The Morgan fingerprint density at radius 3 is 2.30 bits per heavy atom. The zero-order valence-corrected chi connectivity index (χ0v) is 21.6. The Labute approximate surface area is 230 Å². The maximum Gasteiger partial charge on any atom is 0.435 e. The van der Waals surface area contributed by atoms with E-state index in [-0.39, 0.29) is 44.5 Å². The van der Waals surface area contributed by atoms with Crippen LogP contribution in [0.1, 0.15) is 33.5 Å². The van der Waals surface area contributed by atoms with E-state index in [1.165, 1.54) is 5.01 Å². The van der Waals surface area contributed by atoms with E-state index in [0.29, 0.717) is 11.1 Å². The Bertz CT molecular complexity index is 1360. The van der Waals surface area contributed by atoms with Crippen molar-refractivity contribution in [2.45, 2.75) is 25.7 Å². The average molecular weight is 544 g/mol. The molecule has 1 atom stereocenters. The Morgan fingerprint density at radius 1 is 0.925 bits per heavy atom. The number of aliphatic imine (C=N–C) groups is 1. The van der Waals surface area contributed by atoms with Gasteiger partial charge in [-0.1, -0.05) is 72.8 Å². The van der Waals surface area contributed by atoms with E-state index in [9.17, 15) is 19.2 Å². The number of hydrogen-bond donors (Lipinski definition) is 3. The molecule has 40 heavy (non-hydrogen) atoms. The maximum absolute atomic E-state index is 12.7. The van der Waals surface area contributed by atoms with Crippen molar-refractivity contribution >= 4 is 29.7 Å². The summed E-state index contributed by atoms with van der Waals surface area (Å²) in [7, 11) is 0. The van der Waals surface area contributed by atoms with Crippen molar-refractivity contribution in [3.05, 3.63) is 107 Å². The fraction of sp³-hybridized carbons (Fsp3) is 0.207. The number of rotatable bonds is 9. The molecular formula is C29H29N5O6. The molecule has 1 heterocycles. The number of amides is 4. The molecule has 1 saturated heterocycles. The van der Waals surface area contributed by atoms with E-state index in [1.807, 2.05) is 30.3 Å². The molecule has 206 valence electrons. The van der Waals surface area contributed by atoms with E-state index in [4.69, 9.17) is 15.2 Å². The van der Waals surface area contributed by atoms with Crippen LogP contribution in [0.4, 0.5) is 4.79 Å². The highest BCUT2D eigenvalue weighted by molar-refractivity contribution is 6.02. The summed E-state index contributed by atoms with van der Waals surface area (Å²) in [4.78, 5) is 53.4. The van der Waals surface area contributed by atoms with Crippen LogP contribution in [0.3, 0.4) is 0 Å². The van der Waals surface area contributed by atoms with Gasteiger partial charge in [-0.15, -0.1) is 0 Å². The van der Waals surface area contributed by atoms with Gasteiger partial charge in [0.15, 0.2) is 0 Å². The number of nitrogens with zero attached hydrogens (tertiary/aromatic N) is 2. The molecule has 11 heteroatoms. The minimum Gasteiger partial charge on any atom is -0.443 e. The second-order valence-corrected chi connectivity index (χ2v) is 8.87. The molecule has 0 spiro atoms. The van der Waals surface area contributed by atoms with Crippen LogP contribution in [0.5, 0.6) is 0 Å². The minimum absolute atomic E-state index is 0.00511. The second-order valence-electron chi connectivity index (χ2n) is 8.87. The van der Waals surface area contributed by atoms with Gasteiger partial charge < -0.3 is 20.5 Å². The summed E-state index contributed by atoms with van der Waals surface area (Å²) in [5, 5.41) is 3.93. The number of amidine groups is 1. The van der Waals surface area contributed by atoms with Crippen molar-refractivity contribution in [1.29, 1.82) is 0 Å². The lowest BCUT2D eigenvalue weighted by atomic mass is 10.1. The van der Waals surface area contributed by atoms with Crippen molar-refractivity contribution in [3.63, 3.8) is 0 Å². The Kier molecular flexibility index (Phi) is 9.57. The number of hydrogen-bond acceptors (Lipinski definition) is 6. The first-order chi connectivity index (χ1) is 19.4. The van der Waals surface area contributed by atoms with Gasteiger partial charge in [-0.25, -0.2) is 9.80 Å². The van der Waals surface area contributed by atoms with Gasteiger partial charge in [-0.3, -0.25) is 19.8 Å². The van der Waals surface area contributed by atoms with Crippen molar-refractivity contribution in [2.75, 3.05) is 13.2 Å². The highest BCUT2D eigenvalue weighted by Gasteiger charge is 2.32. The lowest BCUT2D eigenvalue weighted by molar-refractivity contribution is -0.158. The molecule has 11 nitrogen and oxygen atoms in total. The van der Waals surface area contributed by atoms with Crippen LogP contribution in [-0.2, 0) is 32.2 Å². The molecule has 1 aliphatic heterocycles. The first kappa shape index (κ1) is 28.0. The van der Waals surface area contributed by atoms with Crippen molar-refractivity contribution < 1.29 is 28.7 Å². The molecule has 0 radical (unpaired) electrons. The molecule has 4 N–H and O–H groups in total. The normalized spacial score (nSPS) is 15.3. The number of morpholine rings is 1. The van der Waals surface area contributed by atoms with Crippen LogP contribution in [-0.4, -0.2) is 53.9 Å². The molecule has 0 unspecified atom stereocenters. The summed E-state index contributed by atoms with van der Waals surface area (Å²) in [6, 6.07) is 24.5. The van der Waals surface area contributed by atoms with Gasteiger partial charge in [0.05, 0.1) is 19.6 Å². The molecule has 0 bridgehead atoms. The van der Waals surface area contributed by atoms with Gasteiger partial charge in [0.2, 0.25) is 5.91 Å². The standard InChI is InChI=1S/C29H29N5O6/c30-26(32-29(38)40-19-21-7-3-1-4-8-21)22-13-11-20(12-14-22)18-31-25(35)17-24-28(37)34(15-16-39-24)33-27(36)23-9-5-2-6-10-23/h1-14,24H,15-19H2,(H,31,35)(H,33,36)(H2,30,32,38)/t24-/m1/s1. The highest BCUT2D eigenvalue weighted by atomic mass is 16.5. The molecule has 1 aliphatic rings. The third-order valence-electron chi connectivity index (χ3n) is 5.97. The predicted molar refractivity (Wildman–Crippen MR) is 146 cm³/mol. The first-order valence-electron chi connectivity index (χ1n) is 12.6. The first-order valence-corrected chi connectivity index (χ1v) is 12.6. The van der Waals surface area contributed by atoms with E-state index in [1.54, 1.807) is 54.6 Å². The molecule has 4 rings (SSSR count). The molecule has 1 fully saturated rings. The van der Waals surface area contributed by atoms with Gasteiger partial charge in [0, 0.05) is 17.7 Å². The van der Waals surface area contributed by atoms with Crippen LogP contribution < -0.4 is 16.5 Å². The van der Waals surface area contributed by atoms with Gasteiger partial charge in [0.25, 0.3) is 11.8 Å². The molecule has 3 aromatic rings. The monoisotopic (exact) mass is 543 g/mol. The highest BCUT2D eigenvalue weighted by Crippen LogP contribution is 2.11. The molecule has 3 aromatic carbocycles. The topological polar surface area (TPSA) is 152 Å². The number of ether oxygens (including phenoxy) is 2. The molecule has 0 aromatic heterocycles. The predicted octanol–water partition coefficient (Wildman–Crippen LogP) is 2.31. The minimum atomic E-state index is -1.01. The van der Waals surface area contributed by atoms with E-state index in [0.717, 1.165) is 11.1 Å². The Hall–Kier alpha value is -5.03. The fourth-order valence-electron chi connectivity index (χ4n) is 3.82. The molecular weight excluding hydrogens is 514 g/mol. The average Bonchev–Trinajstić information content (AvgIpc) is 2.98. The van der Waals surface area contributed by atoms with Gasteiger partial charge in [-0.05, 0) is 23.3 Å². The van der Waals surface area contributed by atoms with Crippen LogP contribution in [0.2, 0.25) is 0 Å². The van der Waals surface area contributed by atoms with Crippen molar-refractivity contribution in [1.82, 2.24) is 15.8 Å². The zero-order chi connectivity index (χ0) is 28.3. The lowest BCUT2D eigenvalue weighted by Gasteiger charge is -2.32. The summed E-state index contributed by atoms with van der Waals surface area (Å²) in [6.45, 7) is 0.652. The lowest BCUT2D eigenvalue weighted by Crippen LogP contribution is -2.56. The van der Waals surface area contributed by atoms with Gasteiger partial charge in [-0.2, -0.15) is 4.99 Å². The number of hydrazine groups is 1. The number of carbonyl (C=O) groups is 4. The Morgan fingerprint density at radius 2 is 1.60 bits per heavy atom.